The van der Waals surface area contributed by atoms with Gasteiger partial charge >= 0.3 is 0 Å². The van der Waals surface area contributed by atoms with Gasteiger partial charge in [0.25, 0.3) is 0 Å². The van der Waals surface area contributed by atoms with E-state index in [1.807, 2.05) is 61.5 Å². The number of rotatable bonds is 9. The van der Waals surface area contributed by atoms with Crippen LogP contribution >= 0.6 is 34.9 Å². The summed E-state index contributed by atoms with van der Waals surface area (Å²) < 4.78 is 6.03. The van der Waals surface area contributed by atoms with Crippen molar-refractivity contribution in [3.8, 4) is 0 Å². The zero-order valence-electron chi connectivity index (χ0n) is 16.6. The van der Waals surface area contributed by atoms with E-state index in [1.165, 1.54) is 23.1 Å². The second kappa shape index (κ2) is 10.5. The van der Waals surface area contributed by atoms with Gasteiger partial charge < -0.3 is 15.1 Å². The summed E-state index contributed by atoms with van der Waals surface area (Å²) in [5.74, 6) is 0.746. The normalized spacial score (nSPS) is 11.8. The summed E-state index contributed by atoms with van der Waals surface area (Å²) in [4.78, 5) is 14.9. The number of aromatic nitrogens is 2. The molecule has 4 aromatic rings. The standard InChI is InChI=1S/C22H20N4O2S3/c1-15(29-22-26-25-21(31-22)23-14-16-8-7-13-28-16)20(27)24-18-11-5-6-12-19(18)30-17-9-3-2-4-10-17/h2-13,15H,14H2,1H3,(H,23,25)(H,24,27). The van der Waals surface area contributed by atoms with Crippen molar-refractivity contribution < 1.29 is 9.21 Å². The zero-order chi connectivity index (χ0) is 21.5. The quantitative estimate of drug-likeness (QED) is 0.291. The van der Waals surface area contributed by atoms with Crippen molar-refractivity contribution in [2.45, 2.75) is 32.8 Å². The monoisotopic (exact) mass is 468 g/mol. The number of thioether (sulfide) groups is 1. The summed E-state index contributed by atoms with van der Waals surface area (Å²) >= 11 is 4.42. The van der Waals surface area contributed by atoms with Gasteiger partial charge in [0, 0.05) is 9.79 Å². The smallest absolute Gasteiger partial charge is 0.237 e. The first-order chi connectivity index (χ1) is 15.2. The number of benzene rings is 2. The van der Waals surface area contributed by atoms with Crippen LogP contribution < -0.4 is 10.6 Å². The number of amides is 1. The van der Waals surface area contributed by atoms with Gasteiger partial charge in [0.15, 0.2) is 4.34 Å². The number of hydrogen-bond acceptors (Lipinski definition) is 8. The highest BCUT2D eigenvalue weighted by atomic mass is 32.2. The summed E-state index contributed by atoms with van der Waals surface area (Å²) in [5, 5.41) is 14.9. The van der Waals surface area contributed by atoms with Crippen molar-refractivity contribution in [1.82, 2.24) is 10.2 Å². The Morgan fingerprint density at radius 1 is 1.06 bits per heavy atom. The lowest BCUT2D eigenvalue weighted by Crippen LogP contribution is -2.22. The second-order valence-electron chi connectivity index (χ2n) is 6.47. The second-order valence-corrected chi connectivity index (χ2v) is 10.1. The van der Waals surface area contributed by atoms with Crippen LogP contribution in [-0.4, -0.2) is 21.4 Å². The van der Waals surface area contributed by atoms with Crippen molar-refractivity contribution in [3.63, 3.8) is 0 Å². The van der Waals surface area contributed by atoms with Crippen LogP contribution in [0.4, 0.5) is 10.8 Å². The van der Waals surface area contributed by atoms with E-state index in [0.717, 1.165) is 25.6 Å². The average Bonchev–Trinajstić information content (AvgIpc) is 3.46. The number of furan rings is 1. The summed E-state index contributed by atoms with van der Waals surface area (Å²) in [7, 11) is 0. The molecule has 2 heterocycles. The minimum Gasteiger partial charge on any atom is -0.467 e. The van der Waals surface area contributed by atoms with E-state index in [9.17, 15) is 4.79 Å². The Hall–Kier alpha value is -2.75. The lowest BCUT2D eigenvalue weighted by atomic mass is 10.3. The van der Waals surface area contributed by atoms with E-state index in [1.54, 1.807) is 18.0 Å². The molecule has 1 amide bonds. The number of anilines is 2. The molecular weight excluding hydrogens is 448 g/mol. The lowest BCUT2D eigenvalue weighted by Gasteiger charge is -2.13. The van der Waals surface area contributed by atoms with Crippen LogP contribution in [0.25, 0.3) is 0 Å². The molecule has 0 radical (unpaired) electrons. The van der Waals surface area contributed by atoms with Gasteiger partial charge in [0.1, 0.15) is 5.76 Å². The highest BCUT2D eigenvalue weighted by Gasteiger charge is 2.18. The summed E-state index contributed by atoms with van der Waals surface area (Å²) in [6.45, 7) is 2.41. The SMILES string of the molecule is CC(Sc1nnc(NCc2ccco2)s1)C(=O)Nc1ccccc1Sc1ccccc1. The first-order valence-electron chi connectivity index (χ1n) is 9.56. The van der Waals surface area contributed by atoms with E-state index in [-0.39, 0.29) is 11.2 Å². The molecule has 158 valence electrons. The third-order valence-corrected chi connectivity index (χ3v) is 7.31. The Kier molecular flexibility index (Phi) is 7.29. The van der Waals surface area contributed by atoms with E-state index in [0.29, 0.717) is 11.7 Å². The maximum Gasteiger partial charge on any atom is 0.237 e. The van der Waals surface area contributed by atoms with Crippen molar-refractivity contribution in [3.05, 3.63) is 78.8 Å². The van der Waals surface area contributed by atoms with Crippen LogP contribution in [-0.2, 0) is 11.3 Å². The van der Waals surface area contributed by atoms with Gasteiger partial charge in [-0.1, -0.05) is 65.2 Å². The maximum atomic E-state index is 12.8. The van der Waals surface area contributed by atoms with E-state index < -0.39 is 0 Å². The fraction of sp³-hybridized carbons (Fsp3) is 0.136. The van der Waals surface area contributed by atoms with Gasteiger partial charge in [-0.3, -0.25) is 4.79 Å². The van der Waals surface area contributed by atoms with E-state index in [4.69, 9.17) is 4.42 Å². The van der Waals surface area contributed by atoms with Crippen molar-refractivity contribution in [2.75, 3.05) is 10.6 Å². The van der Waals surface area contributed by atoms with Crippen molar-refractivity contribution >= 4 is 51.6 Å². The molecule has 0 bridgehead atoms. The molecule has 2 aromatic heterocycles. The van der Waals surface area contributed by atoms with Gasteiger partial charge in [0.2, 0.25) is 11.0 Å². The molecule has 1 unspecified atom stereocenters. The summed E-state index contributed by atoms with van der Waals surface area (Å²) in [6.07, 6.45) is 1.63. The molecule has 0 saturated heterocycles. The van der Waals surface area contributed by atoms with Crippen LogP contribution in [0.2, 0.25) is 0 Å². The molecule has 2 aromatic carbocycles. The van der Waals surface area contributed by atoms with Gasteiger partial charge in [-0.25, -0.2) is 0 Å². The number of para-hydroxylation sites is 1. The Labute approximate surface area is 192 Å². The molecule has 0 spiro atoms. The highest BCUT2D eigenvalue weighted by molar-refractivity contribution is 8.02. The maximum absolute atomic E-state index is 12.8. The van der Waals surface area contributed by atoms with Crippen LogP contribution in [0.1, 0.15) is 12.7 Å². The summed E-state index contributed by atoms with van der Waals surface area (Å²) in [5.41, 5.74) is 0.798. The Morgan fingerprint density at radius 2 is 1.87 bits per heavy atom. The summed E-state index contributed by atoms with van der Waals surface area (Å²) in [6, 6.07) is 21.6. The van der Waals surface area contributed by atoms with Gasteiger partial charge in [-0.2, -0.15) is 0 Å². The predicted octanol–water partition coefficient (Wildman–Crippen LogP) is 6.01. The number of carbonyl (C=O) groups is 1. The fourth-order valence-electron chi connectivity index (χ4n) is 2.62. The number of nitrogens with zero attached hydrogens (tertiary/aromatic N) is 2. The first kappa shape index (κ1) is 21.5. The topological polar surface area (TPSA) is 80.1 Å². The molecular formula is C22H20N4O2S3. The molecule has 0 aliphatic heterocycles. The first-order valence-corrected chi connectivity index (χ1v) is 12.1. The van der Waals surface area contributed by atoms with Crippen LogP contribution in [0.3, 0.4) is 0 Å². The molecule has 2 N–H and O–H groups in total. The Balaban J connectivity index is 1.34. The number of carbonyl (C=O) groups excluding carboxylic acids is 1. The third kappa shape index (κ3) is 6.13. The highest BCUT2D eigenvalue weighted by Crippen LogP contribution is 2.34. The van der Waals surface area contributed by atoms with Gasteiger partial charge in [-0.15, -0.1) is 10.2 Å². The van der Waals surface area contributed by atoms with Crippen molar-refractivity contribution in [2.24, 2.45) is 0 Å². The van der Waals surface area contributed by atoms with Gasteiger partial charge in [-0.05, 0) is 43.3 Å². The third-order valence-electron chi connectivity index (χ3n) is 4.16. The molecule has 4 rings (SSSR count). The minimum atomic E-state index is -0.319. The molecule has 31 heavy (non-hydrogen) atoms. The molecule has 9 heteroatoms. The number of nitrogens with one attached hydrogen (secondary N) is 2. The van der Waals surface area contributed by atoms with Crippen LogP contribution in [0.15, 0.2) is 91.5 Å². The molecule has 0 fully saturated rings. The van der Waals surface area contributed by atoms with Crippen molar-refractivity contribution in [1.29, 1.82) is 0 Å². The fourth-order valence-corrected chi connectivity index (χ4v) is 5.43. The largest absolute Gasteiger partial charge is 0.467 e. The average molecular weight is 469 g/mol. The lowest BCUT2D eigenvalue weighted by molar-refractivity contribution is -0.115. The molecule has 0 aliphatic rings. The molecule has 6 nitrogen and oxygen atoms in total. The van der Waals surface area contributed by atoms with Crippen LogP contribution in [0, 0.1) is 0 Å². The molecule has 0 saturated carbocycles. The minimum absolute atomic E-state index is 0.0774. The predicted molar refractivity (Wildman–Crippen MR) is 127 cm³/mol. The Bertz CT molecular complexity index is 1120. The molecule has 0 aliphatic carbocycles. The Morgan fingerprint density at radius 3 is 2.68 bits per heavy atom. The van der Waals surface area contributed by atoms with E-state index >= 15 is 0 Å². The van der Waals surface area contributed by atoms with Crippen LogP contribution in [0.5, 0.6) is 0 Å². The zero-order valence-corrected chi connectivity index (χ0v) is 19.1. The number of hydrogen-bond donors (Lipinski definition) is 2. The van der Waals surface area contributed by atoms with Gasteiger partial charge in [0.05, 0.1) is 23.7 Å². The van der Waals surface area contributed by atoms with E-state index in [2.05, 4.69) is 33.0 Å². The molecule has 1 atom stereocenters.